The minimum atomic E-state index is -4.77. The number of nitrogens with zero attached hydrogens (tertiary/aromatic N) is 4. The second kappa shape index (κ2) is 20.4. The number of carboxylic acids is 1. The van der Waals surface area contributed by atoms with Crippen LogP contribution in [0.5, 0.6) is 17.2 Å². The molecule has 280 valence electrons. The lowest BCUT2D eigenvalue weighted by Gasteiger charge is -2.15. The van der Waals surface area contributed by atoms with E-state index >= 15 is 0 Å². The van der Waals surface area contributed by atoms with Crippen molar-refractivity contribution in [3.05, 3.63) is 72.3 Å². The molecular formula is C39H50N4O8S. The molecule has 0 fully saturated rings. The molecule has 4 rings (SSSR count). The fourth-order valence-corrected chi connectivity index (χ4v) is 6.70. The van der Waals surface area contributed by atoms with Crippen LogP contribution < -0.4 is 9.75 Å². The number of anilines is 1. The molecule has 1 aliphatic heterocycles. The predicted octanol–water partition coefficient (Wildman–Crippen LogP) is 10.2. The molecule has 0 saturated carbocycles. The molecule has 3 aromatic carbocycles. The van der Waals surface area contributed by atoms with Crippen LogP contribution >= 0.6 is 0 Å². The predicted molar refractivity (Wildman–Crippen MR) is 201 cm³/mol. The SMILES string of the molecule is CCCCCCCCCCCCCCCCCC1=NN(c2ccc(Oc3ccccc3)c(S(=O)(=O)O)c2)C(=O)C1/N=N/c1ccc(O)c(C(=O)O)c1. The number of amides is 1. The van der Waals surface area contributed by atoms with Gasteiger partial charge in [0.1, 0.15) is 27.7 Å². The van der Waals surface area contributed by atoms with Crippen molar-refractivity contribution in [2.75, 3.05) is 5.01 Å². The van der Waals surface area contributed by atoms with E-state index in [-0.39, 0.29) is 22.7 Å². The number of carbonyl (C=O) groups excluding carboxylic acids is 1. The van der Waals surface area contributed by atoms with Crippen LogP contribution in [-0.2, 0) is 14.9 Å². The monoisotopic (exact) mass is 734 g/mol. The van der Waals surface area contributed by atoms with Gasteiger partial charge in [-0.3, -0.25) is 9.35 Å². The van der Waals surface area contributed by atoms with E-state index in [1.807, 2.05) is 0 Å². The Balaban J connectivity index is 1.40. The average Bonchev–Trinajstić information content (AvgIpc) is 3.43. The summed E-state index contributed by atoms with van der Waals surface area (Å²) in [4.78, 5) is 24.7. The highest BCUT2D eigenvalue weighted by molar-refractivity contribution is 7.86. The van der Waals surface area contributed by atoms with Gasteiger partial charge in [-0.2, -0.15) is 28.8 Å². The van der Waals surface area contributed by atoms with E-state index in [4.69, 9.17) is 4.74 Å². The molecule has 0 bridgehead atoms. The highest BCUT2D eigenvalue weighted by atomic mass is 32.2. The summed E-state index contributed by atoms with van der Waals surface area (Å²) in [6.07, 6.45) is 18.6. The number of ether oxygens (including phenoxy) is 1. The van der Waals surface area contributed by atoms with E-state index < -0.39 is 38.7 Å². The van der Waals surface area contributed by atoms with Gasteiger partial charge in [-0.15, -0.1) is 0 Å². The zero-order valence-electron chi connectivity index (χ0n) is 29.8. The molecular weight excluding hydrogens is 685 g/mol. The highest BCUT2D eigenvalue weighted by Crippen LogP contribution is 2.35. The van der Waals surface area contributed by atoms with Gasteiger partial charge in [-0.25, -0.2) is 4.79 Å². The molecule has 13 heteroatoms. The molecule has 3 aromatic rings. The summed E-state index contributed by atoms with van der Waals surface area (Å²) in [5, 5.41) is 33.1. The zero-order valence-corrected chi connectivity index (χ0v) is 30.6. The summed E-state index contributed by atoms with van der Waals surface area (Å²) in [7, 11) is -4.77. The first-order valence-electron chi connectivity index (χ1n) is 18.3. The van der Waals surface area contributed by atoms with Crippen LogP contribution in [0, 0.1) is 0 Å². The lowest BCUT2D eigenvalue weighted by Crippen LogP contribution is -2.30. The first kappa shape index (κ1) is 40.2. The number of para-hydroxylation sites is 1. The zero-order chi connectivity index (χ0) is 37.3. The maximum Gasteiger partial charge on any atom is 0.339 e. The fourth-order valence-electron chi connectivity index (χ4n) is 6.07. The summed E-state index contributed by atoms with van der Waals surface area (Å²) < 4.78 is 40.5. The van der Waals surface area contributed by atoms with Crippen molar-refractivity contribution in [1.29, 1.82) is 0 Å². The molecule has 1 unspecified atom stereocenters. The van der Waals surface area contributed by atoms with Crippen LogP contribution in [0.2, 0.25) is 0 Å². The third kappa shape index (κ3) is 12.3. The number of carboxylic acid groups (broad SMARTS) is 1. The van der Waals surface area contributed by atoms with E-state index in [1.165, 1.54) is 94.9 Å². The summed E-state index contributed by atoms with van der Waals surface area (Å²) in [6, 6.07) is 14.9. The van der Waals surface area contributed by atoms with E-state index in [1.54, 1.807) is 30.3 Å². The summed E-state index contributed by atoms with van der Waals surface area (Å²) in [6.45, 7) is 2.24. The molecule has 1 amide bonds. The minimum Gasteiger partial charge on any atom is -0.507 e. The third-order valence-electron chi connectivity index (χ3n) is 8.94. The normalized spacial score (nSPS) is 14.7. The largest absolute Gasteiger partial charge is 0.507 e. The summed E-state index contributed by atoms with van der Waals surface area (Å²) >= 11 is 0. The number of phenols is 1. The van der Waals surface area contributed by atoms with Crippen molar-refractivity contribution in [1.82, 2.24) is 0 Å². The van der Waals surface area contributed by atoms with Gasteiger partial charge in [0.2, 0.25) is 0 Å². The molecule has 1 aliphatic rings. The Hall–Kier alpha value is -4.62. The van der Waals surface area contributed by atoms with E-state index in [2.05, 4.69) is 22.3 Å². The quantitative estimate of drug-likeness (QED) is 0.0489. The second-order valence-electron chi connectivity index (χ2n) is 13.1. The van der Waals surface area contributed by atoms with E-state index in [0.717, 1.165) is 42.8 Å². The Labute approximate surface area is 306 Å². The van der Waals surface area contributed by atoms with Crippen LogP contribution in [0.15, 0.2) is 87.0 Å². The number of hydrogen-bond acceptors (Lipinski definition) is 9. The van der Waals surface area contributed by atoms with E-state index in [0.29, 0.717) is 17.9 Å². The second-order valence-corrected chi connectivity index (χ2v) is 14.5. The van der Waals surface area contributed by atoms with Crippen LogP contribution in [0.25, 0.3) is 0 Å². The molecule has 12 nitrogen and oxygen atoms in total. The summed E-state index contributed by atoms with van der Waals surface area (Å²) in [5.74, 6) is -2.16. The van der Waals surface area contributed by atoms with Crippen LogP contribution in [-0.4, -0.2) is 46.8 Å². The molecule has 3 N–H and O–H groups in total. The van der Waals surface area contributed by atoms with Crippen LogP contribution in [0.1, 0.15) is 120 Å². The van der Waals surface area contributed by atoms with Gasteiger partial charge in [0.25, 0.3) is 16.0 Å². The number of rotatable bonds is 23. The number of unbranched alkanes of at least 4 members (excludes halogenated alkanes) is 14. The molecule has 0 spiro atoms. The van der Waals surface area contributed by atoms with Crippen molar-refractivity contribution >= 4 is 39.1 Å². The lowest BCUT2D eigenvalue weighted by molar-refractivity contribution is -0.117. The van der Waals surface area contributed by atoms with Gasteiger partial charge >= 0.3 is 5.97 Å². The maximum atomic E-state index is 13.7. The van der Waals surface area contributed by atoms with Crippen molar-refractivity contribution in [2.45, 2.75) is 121 Å². The van der Waals surface area contributed by atoms with Gasteiger partial charge in [-0.1, -0.05) is 115 Å². The third-order valence-corrected chi connectivity index (χ3v) is 9.82. The van der Waals surface area contributed by atoms with Crippen molar-refractivity contribution < 1.29 is 37.5 Å². The Morgan fingerprint density at radius 1 is 0.827 bits per heavy atom. The summed E-state index contributed by atoms with van der Waals surface area (Å²) in [5.41, 5.74) is 0.239. The Kier molecular flexibility index (Phi) is 15.8. The molecule has 0 aliphatic carbocycles. The molecule has 1 heterocycles. The van der Waals surface area contributed by atoms with Gasteiger partial charge in [0.15, 0.2) is 6.04 Å². The number of carbonyl (C=O) groups is 2. The van der Waals surface area contributed by atoms with Crippen LogP contribution in [0.4, 0.5) is 11.4 Å². The number of aromatic hydroxyl groups is 1. The van der Waals surface area contributed by atoms with Gasteiger partial charge in [-0.05, 0) is 61.4 Å². The lowest BCUT2D eigenvalue weighted by atomic mass is 10.0. The maximum absolute atomic E-state index is 13.7. The molecule has 52 heavy (non-hydrogen) atoms. The number of benzene rings is 3. The standard InChI is InChI=1S/C39H50N4O8S/c1-2-3-4-5-6-7-8-9-10-11-12-13-14-15-19-22-33-37(41-40-29-23-25-34(44)32(27-29)39(46)47)38(45)43(42-33)30-24-26-35(36(28-30)52(48,49)50)51-31-20-17-16-18-21-31/h16-18,20-21,23-28,37,44H,2-15,19,22H2,1H3,(H,46,47)(H,48,49,50)/b41-40+. The molecule has 0 saturated heterocycles. The Morgan fingerprint density at radius 2 is 1.42 bits per heavy atom. The number of aromatic carboxylic acids is 1. The number of hydrogen-bond donors (Lipinski definition) is 3. The van der Waals surface area contributed by atoms with Crippen molar-refractivity contribution in [3.8, 4) is 17.2 Å². The van der Waals surface area contributed by atoms with Crippen molar-refractivity contribution in [3.63, 3.8) is 0 Å². The van der Waals surface area contributed by atoms with Gasteiger partial charge < -0.3 is 14.9 Å². The minimum absolute atomic E-state index is 0.0718. The Morgan fingerprint density at radius 3 is 2.00 bits per heavy atom. The van der Waals surface area contributed by atoms with Gasteiger partial charge in [0, 0.05) is 0 Å². The number of azo groups is 1. The molecule has 1 atom stereocenters. The first-order valence-corrected chi connectivity index (χ1v) is 19.8. The smallest absolute Gasteiger partial charge is 0.339 e. The average molecular weight is 735 g/mol. The fraction of sp³-hybridized carbons (Fsp3) is 0.462. The number of hydrazone groups is 1. The molecule has 0 radical (unpaired) electrons. The van der Waals surface area contributed by atoms with Crippen molar-refractivity contribution in [2.24, 2.45) is 15.3 Å². The topological polar surface area (TPSA) is 179 Å². The molecule has 0 aromatic heterocycles. The Bertz CT molecular complexity index is 1800. The van der Waals surface area contributed by atoms with Crippen LogP contribution in [0.3, 0.4) is 0 Å². The highest BCUT2D eigenvalue weighted by Gasteiger charge is 2.37. The first-order chi connectivity index (χ1) is 25.1. The van der Waals surface area contributed by atoms with Gasteiger partial charge in [0.05, 0.1) is 17.1 Å². The van der Waals surface area contributed by atoms with E-state index in [9.17, 15) is 32.8 Å².